The van der Waals surface area contributed by atoms with Crippen molar-refractivity contribution in [1.29, 1.82) is 0 Å². The summed E-state index contributed by atoms with van der Waals surface area (Å²) in [5.74, 6) is -0.512. The SMILES string of the molecule is CC(C)(C(=O)NC1CCC(=O)NC12CCC2)c1ccccc1F. The van der Waals surface area contributed by atoms with Gasteiger partial charge in [0.25, 0.3) is 0 Å². The second-order valence-electron chi connectivity index (χ2n) is 7.23. The number of hydrogen-bond donors (Lipinski definition) is 2. The summed E-state index contributed by atoms with van der Waals surface area (Å²) in [6.45, 7) is 3.46. The number of benzene rings is 1. The van der Waals surface area contributed by atoms with Crippen LogP contribution in [0.25, 0.3) is 0 Å². The van der Waals surface area contributed by atoms with Gasteiger partial charge >= 0.3 is 0 Å². The number of carbonyl (C=O) groups is 2. The maximum atomic E-state index is 14.1. The number of halogens is 1. The minimum Gasteiger partial charge on any atom is -0.350 e. The first-order chi connectivity index (χ1) is 10.8. The monoisotopic (exact) mass is 318 g/mol. The van der Waals surface area contributed by atoms with E-state index >= 15 is 0 Å². The molecule has 1 saturated heterocycles. The zero-order valence-electron chi connectivity index (χ0n) is 13.6. The highest BCUT2D eigenvalue weighted by atomic mass is 19.1. The summed E-state index contributed by atoms with van der Waals surface area (Å²) in [5.41, 5.74) is -0.867. The molecule has 0 bridgehead atoms. The second-order valence-corrected chi connectivity index (χ2v) is 7.23. The van der Waals surface area contributed by atoms with E-state index in [-0.39, 0.29) is 29.2 Å². The maximum absolute atomic E-state index is 14.1. The summed E-state index contributed by atoms with van der Waals surface area (Å²) < 4.78 is 14.1. The first-order valence-corrected chi connectivity index (χ1v) is 8.22. The average Bonchev–Trinajstić information content (AvgIpc) is 2.47. The van der Waals surface area contributed by atoms with Gasteiger partial charge in [0.2, 0.25) is 11.8 Å². The van der Waals surface area contributed by atoms with Crippen molar-refractivity contribution in [3.05, 3.63) is 35.6 Å². The van der Waals surface area contributed by atoms with Crippen LogP contribution in [-0.2, 0) is 15.0 Å². The fourth-order valence-electron chi connectivity index (χ4n) is 3.65. The number of rotatable bonds is 3. The Labute approximate surface area is 135 Å². The molecule has 1 aliphatic carbocycles. The predicted octanol–water partition coefficient (Wildman–Crippen LogP) is 2.42. The highest BCUT2D eigenvalue weighted by Crippen LogP contribution is 2.39. The molecule has 1 heterocycles. The minimum atomic E-state index is -0.961. The van der Waals surface area contributed by atoms with Crippen LogP contribution in [0.5, 0.6) is 0 Å². The van der Waals surface area contributed by atoms with E-state index in [0.29, 0.717) is 18.4 Å². The normalized spacial score (nSPS) is 23.1. The number of piperidine rings is 1. The van der Waals surface area contributed by atoms with Gasteiger partial charge in [-0.25, -0.2) is 4.39 Å². The van der Waals surface area contributed by atoms with E-state index in [9.17, 15) is 14.0 Å². The third kappa shape index (κ3) is 2.73. The molecule has 1 aromatic carbocycles. The van der Waals surface area contributed by atoms with Gasteiger partial charge in [-0.1, -0.05) is 18.2 Å². The van der Waals surface area contributed by atoms with Gasteiger partial charge in [0.15, 0.2) is 0 Å². The van der Waals surface area contributed by atoms with E-state index < -0.39 is 5.41 Å². The molecule has 124 valence electrons. The summed E-state index contributed by atoms with van der Waals surface area (Å²) in [7, 11) is 0. The Hall–Kier alpha value is -1.91. The second kappa shape index (κ2) is 5.62. The molecule has 4 nitrogen and oxygen atoms in total. The van der Waals surface area contributed by atoms with E-state index in [0.717, 1.165) is 19.3 Å². The summed E-state index contributed by atoms with van der Waals surface area (Å²) in [6.07, 6.45) is 3.91. The van der Waals surface area contributed by atoms with Gasteiger partial charge in [-0.2, -0.15) is 0 Å². The van der Waals surface area contributed by atoms with Crippen molar-refractivity contribution >= 4 is 11.8 Å². The van der Waals surface area contributed by atoms with Gasteiger partial charge in [-0.15, -0.1) is 0 Å². The van der Waals surface area contributed by atoms with E-state index in [1.807, 2.05) is 0 Å². The fourth-order valence-corrected chi connectivity index (χ4v) is 3.65. The van der Waals surface area contributed by atoms with E-state index in [2.05, 4.69) is 10.6 Å². The van der Waals surface area contributed by atoms with Crippen LogP contribution in [-0.4, -0.2) is 23.4 Å². The van der Waals surface area contributed by atoms with Crippen LogP contribution in [0.15, 0.2) is 24.3 Å². The maximum Gasteiger partial charge on any atom is 0.230 e. The smallest absolute Gasteiger partial charge is 0.230 e. The number of carbonyl (C=O) groups excluding carboxylic acids is 2. The predicted molar refractivity (Wildman–Crippen MR) is 85.3 cm³/mol. The van der Waals surface area contributed by atoms with Crippen molar-refractivity contribution in [3.8, 4) is 0 Å². The Bertz CT molecular complexity index is 638. The van der Waals surface area contributed by atoms with E-state index in [1.54, 1.807) is 32.0 Å². The van der Waals surface area contributed by atoms with Crippen LogP contribution < -0.4 is 10.6 Å². The molecular weight excluding hydrogens is 295 g/mol. The van der Waals surface area contributed by atoms with E-state index in [4.69, 9.17) is 0 Å². The Morgan fingerprint density at radius 1 is 1.35 bits per heavy atom. The highest BCUT2D eigenvalue weighted by Gasteiger charge is 2.49. The molecule has 1 aliphatic heterocycles. The van der Waals surface area contributed by atoms with Gasteiger partial charge in [0.1, 0.15) is 5.82 Å². The van der Waals surface area contributed by atoms with Crippen molar-refractivity contribution in [2.45, 2.75) is 62.9 Å². The molecule has 1 aromatic rings. The first kappa shape index (κ1) is 16.0. The van der Waals surface area contributed by atoms with Gasteiger partial charge in [-0.05, 0) is 45.6 Å². The minimum absolute atomic E-state index is 0.0589. The lowest BCUT2D eigenvalue weighted by Gasteiger charge is -2.51. The molecule has 1 spiro atoms. The molecule has 1 saturated carbocycles. The van der Waals surface area contributed by atoms with Crippen LogP contribution in [0.4, 0.5) is 4.39 Å². The third-order valence-corrected chi connectivity index (χ3v) is 5.38. The topological polar surface area (TPSA) is 58.2 Å². The van der Waals surface area contributed by atoms with Gasteiger partial charge < -0.3 is 10.6 Å². The first-order valence-electron chi connectivity index (χ1n) is 8.22. The summed E-state index contributed by atoms with van der Waals surface area (Å²) in [6, 6.07) is 6.30. The third-order valence-electron chi connectivity index (χ3n) is 5.38. The molecule has 23 heavy (non-hydrogen) atoms. The largest absolute Gasteiger partial charge is 0.350 e. The number of nitrogens with one attached hydrogen (secondary N) is 2. The molecule has 0 aromatic heterocycles. The van der Waals surface area contributed by atoms with E-state index in [1.165, 1.54) is 6.07 Å². The van der Waals surface area contributed by atoms with Crippen molar-refractivity contribution < 1.29 is 14.0 Å². The van der Waals surface area contributed by atoms with Crippen molar-refractivity contribution in [2.75, 3.05) is 0 Å². The number of amides is 2. The summed E-state index contributed by atoms with van der Waals surface area (Å²) >= 11 is 0. The average molecular weight is 318 g/mol. The molecule has 2 aliphatic rings. The zero-order chi connectivity index (χ0) is 16.7. The van der Waals surface area contributed by atoms with Gasteiger partial charge in [-0.3, -0.25) is 9.59 Å². The molecule has 2 fully saturated rings. The summed E-state index contributed by atoms with van der Waals surface area (Å²) in [4.78, 5) is 24.5. The molecule has 1 atom stereocenters. The van der Waals surface area contributed by atoms with Crippen LogP contribution in [0, 0.1) is 5.82 Å². The van der Waals surface area contributed by atoms with Crippen LogP contribution in [0.1, 0.15) is 51.5 Å². The van der Waals surface area contributed by atoms with Crippen LogP contribution in [0.3, 0.4) is 0 Å². The highest BCUT2D eigenvalue weighted by molar-refractivity contribution is 5.88. The van der Waals surface area contributed by atoms with Crippen LogP contribution >= 0.6 is 0 Å². The van der Waals surface area contributed by atoms with Crippen molar-refractivity contribution in [2.24, 2.45) is 0 Å². The fraction of sp³-hybridized carbons (Fsp3) is 0.556. The van der Waals surface area contributed by atoms with Gasteiger partial charge in [0.05, 0.1) is 17.0 Å². The summed E-state index contributed by atoms with van der Waals surface area (Å²) in [5, 5.41) is 6.14. The Morgan fingerprint density at radius 2 is 2.04 bits per heavy atom. The lowest BCUT2D eigenvalue weighted by atomic mass is 9.68. The number of hydrogen-bond acceptors (Lipinski definition) is 2. The standard InChI is InChI=1S/C18H23FN2O2/c1-17(2,12-6-3-4-7-13(12)19)16(23)20-14-8-9-15(22)21-18(14)10-5-11-18/h3-4,6-7,14H,5,8-11H2,1-2H3,(H,20,23)(H,21,22). The van der Waals surface area contributed by atoms with Crippen LogP contribution in [0.2, 0.25) is 0 Å². The Balaban J connectivity index is 1.78. The molecule has 0 radical (unpaired) electrons. The Morgan fingerprint density at radius 3 is 2.65 bits per heavy atom. The Kier molecular flexibility index (Phi) is 3.90. The molecule has 2 N–H and O–H groups in total. The molecule has 3 rings (SSSR count). The zero-order valence-corrected chi connectivity index (χ0v) is 13.6. The molecular formula is C18H23FN2O2. The lowest BCUT2D eigenvalue weighted by molar-refractivity contribution is -0.133. The van der Waals surface area contributed by atoms with Crippen molar-refractivity contribution in [3.63, 3.8) is 0 Å². The lowest BCUT2D eigenvalue weighted by Crippen LogP contribution is -2.69. The van der Waals surface area contributed by atoms with Gasteiger partial charge in [0, 0.05) is 12.0 Å². The molecule has 2 amide bonds. The van der Waals surface area contributed by atoms with Crippen molar-refractivity contribution in [1.82, 2.24) is 10.6 Å². The molecule has 1 unspecified atom stereocenters. The quantitative estimate of drug-likeness (QED) is 0.899. The molecule has 5 heteroatoms.